The Labute approximate surface area is 112 Å². The Kier molecular flexibility index (Phi) is 4.31. The Morgan fingerprint density at radius 3 is 2.32 bits per heavy atom. The van der Waals surface area contributed by atoms with E-state index in [0.717, 1.165) is 11.1 Å². The Bertz CT molecular complexity index is 547. The maximum Gasteiger partial charge on any atom is 0.373 e. The molecular formula is C16H16O3. The quantitative estimate of drug-likeness (QED) is 0.615. The number of carbonyl (C=O) groups excluding carboxylic acids is 1. The molecule has 0 unspecified atom stereocenters. The molecule has 0 amide bonds. The van der Waals surface area contributed by atoms with E-state index in [1.165, 1.54) is 0 Å². The van der Waals surface area contributed by atoms with Gasteiger partial charge < -0.3 is 0 Å². The molecule has 0 bridgehead atoms. The van der Waals surface area contributed by atoms with Gasteiger partial charge >= 0.3 is 5.97 Å². The van der Waals surface area contributed by atoms with E-state index in [-0.39, 0.29) is 6.10 Å². The number of benzene rings is 2. The van der Waals surface area contributed by atoms with Gasteiger partial charge in [-0.3, -0.25) is 4.89 Å². The van der Waals surface area contributed by atoms with Crippen LogP contribution in [0.25, 0.3) is 11.1 Å². The van der Waals surface area contributed by atoms with Gasteiger partial charge in [0, 0.05) is 0 Å². The lowest BCUT2D eigenvalue weighted by molar-refractivity contribution is -0.265. The van der Waals surface area contributed by atoms with Crippen molar-refractivity contribution in [3.63, 3.8) is 0 Å². The SMILES string of the molecule is CC(C)OOC(=O)c1cccc(-c2ccccc2)c1. The monoisotopic (exact) mass is 256 g/mol. The molecule has 0 spiro atoms. The summed E-state index contributed by atoms with van der Waals surface area (Å²) in [5.74, 6) is -0.480. The standard InChI is InChI=1S/C16H16O3/c1-12(2)18-19-16(17)15-10-6-9-14(11-15)13-7-4-3-5-8-13/h3-12H,1-2H3. The number of carbonyl (C=O) groups is 1. The lowest BCUT2D eigenvalue weighted by Crippen LogP contribution is -2.10. The average molecular weight is 256 g/mol. The Balaban J connectivity index is 2.18. The van der Waals surface area contributed by atoms with Crippen molar-refractivity contribution in [3.8, 4) is 11.1 Å². The van der Waals surface area contributed by atoms with E-state index < -0.39 is 5.97 Å². The lowest BCUT2D eigenvalue weighted by Gasteiger charge is -2.07. The van der Waals surface area contributed by atoms with Crippen LogP contribution in [0.15, 0.2) is 54.6 Å². The molecule has 0 aliphatic carbocycles. The minimum Gasteiger partial charge on any atom is -0.293 e. The van der Waals surface area contributed by atoms with Crippen LogP contribution in [0.5, 0.6) is 0 Å². The highest BCUT2D eigenvalue weighted by Gasteiger charge is 2.10. The summed E-state index contributed by atoms with van der Waals surface area (Å²) in [7, 11) is 0. The van der Waals surface area contributed by atoms with Crippen LogP contribution in [-0.2, 0) is 9.78 Å². The second kappa shape index (κ2) is 6.16. The van der Waals surface area contributed by atoms with Gasteiger partial charge in [0.2, 0.25) is 0 Å². The molecular weight excluding hydrogens is 240 g/mol. The highest BCUT2D eigenvalue weighted by Crippen LogP contribution is 2.20. The van der Waals surface area contributed by atoms with Gasteiger partial charge in [0.1, 0.15) is 0 Å². The molecule has 2 aromatic rings. The van der Waals surface area contributed by atoms with Crippen molar-refractivity contribution in [1.82, 2.24) is 0 Å². The summed E-state index contributed by atoms with van der Waals surface area (Å²) >= 11 is 0. The first-order chi connectivity index (χ1) is 9.16. The van der Waals surface area contributed by atoms with Crippen LogP contribution in [0.2, 0.25) is 0 Å². The van der Waals surface area contributed by atoms with Crippen molar-refractivity contribution in [3.05, 3.63) is 60.2 Å². The predicted octanol–water partition coefficient (Wildman–Crippen LogP) is 3.85. The van der Waals surface area contributed by atoms with E-state index in [1.807, 2.05) is 42.5 Å². The van der Waals surface area contributed by atoms with Crippen LogP contribution in [-0.4, -0.2) is 12.1 Å². The van der Waals surface area contributed by atoms with E-state index in [9.17, 15) is 4.79 Å². The average Bonchev–Trinajstić information content (AvgIpc) is 2.46. The van der Waals surface area contributed by atoms with Gasteiger partial charge in [0.05, 0.1) is 11.7 Å². The van der Waals surface area contributed by atoms with Crippen molar-refractivity contribution in [1.29, 1.82) is 0 Å². The summed E-state index contributed by atoms with van der Waals surface area (Å²) in [5, 5.41) is 0. The summed E-state index contributed by atoms with van der Waals surface area (Å²) in [6, 6.07) is 17.1. The molecule has 0 saturated heterocycles. The van der Waals surface area contributed by atoms with E-state index in [1.54, 1.807) is 26.0 Å². The van der Waals surface area contributed by atoms with Crippen molar-refractivity contribution < 1.29 is 14.6 Å². The van der Waals surface area contributed by atoms with Crippen molar-refractivity contribution in [2.24, 2.45) is 0 Å². The van der Waals surface area contributed by atoms with Crippen LogP contribution >= 0.6 is 0 Å². The van der Waals surface area contributed by atoms with Crippen molar-refractivity contribution in [2.75, 3.05) is 0 Å². The first-order valence-electron chi connectivity index (χ1n) is 6.20. The Hall–Kier alpha value is -2.13. The smallest absolute Gasteiger partial charge is 0.293 e. The molecule has 0 N–H and O–H groups in total. The molecule has 0 heterocycles. The molecule has 19 heavy (non-hydrogen) atoms. The van der Waals surface area contributed by atoms with E-state index in [0.29, 0.717) is 5.56 Å². The number of hydrogen-bond donors (Lipinski definition) is 0. The predicted molar refractivity (Wildman–Crippen MR) is 73.5 cm³/mol. The van der Waals surface area contributed by atoms with Gasteiger partial charge in [-0.05, 0) is 37.1 Å². The number of rotatable bonds is 4. The van der Waals surface area contributed by atoms with Gasteiger partial charge in [-0.1, -0.05) is 42.5 Å². The maximum atomic E-state index is 11.8. The molecule has 0 radical (unpaired) electrons. The summed E-state index contributed by atoms with van der Waals surface area (Å²) < 4.78 is 0. The zero-order valence-electron chi connectivity index (χ0n) is 11.0. The molecule has 3 heteroatoms. The fourth-order valence-electron chi connectivity index (χ4n) is 1.64. The Morgan fingerprint density at radius 2 is 1.63 bits per heavy atom. The van der Waals surface area contributed by atoms with Crippen LogP contribution in [0.4, 0.5) is 0 Å². The zero-order chi connectivity index (χ0) is 13.7. The molecule has 0 aromatic heterocycles. The third-order valence-corrected chi connectivity index (χ3v) is 2.52. The number of hydrogen-bond acceptors (Lipinski definition) is 3. The highest BCUT2D eigenvalue weighted by molar-refractivity contribution is 5.90. The van der Waals surface area contributed by atoms with Gasteiger partial charge in [-0.2, -0.15) is 4.89 Å². The highest BCUT2D eigenvalue weighted by atomic mass is 17.2. The van der Waals surface area contributed by atoms with E-state index in [4.69, 9.17) is 9.78 Å². The molecule has 0 fully saturated rings. The first kappa shape index (κ1) is 13.3. The van der Waals surface area contributed by atoms with Crippen LogP contribution < -0.4 is 0 Å². The molecule has 2 aromatic carbocycles. The molecule has 2 rings (SSSR count). The minimum atomic E-state index is -0.480. The minimum absolute atomic E-state index is 0.152. The molecule has 0 saturated carbocycles. The maximum absolute atomic E-state index is 11.8. The summed E-state index contributed by atoms with van der Waals surface area (Å²) in [5.41, 5.74) is 2.50. The lowest BCUT2D eigenvalue weighted by atomic mass is 10.0. The van der Waals surface area contributed by atoms with Gasteiger partial charge in [-0.15, -0.1) is 0 Å². The topological polar surface area (TPSA) is 35.5 Å². The van der Waals surface area contributed by atoms with E-state index >= 15 is 0 Å². The normalized spacial score (nSPS) is 10.5. The van der Waals surface area contributed by atoms with Gasteiger partial charge in [0.15, 0.2) is 0 Å². The fraction of sp³-hybridized carbons (Fsp3) is 0.188. The molecule has 3 nitrogen and oxygen atoms in total. The van der Waals surface area contributed by atoms with Crippen LogP contribution in [0, 0.1) is 0 Å². The summed E-state index contributed by atoms with van der Waals surface area (Å²) in [6.45, 7) is 3.60. The molecule has 0 atom stereocenters. The second-order valence-corrected chi connectivity index (χ2v) is 4.46. The third kappa shape index (κ3) is 3.66. The largest absolute Gasteiger partial charge is 0.373 e. The zero-order valence-corrected chi connectivity index (χ0v) is 11.0. The molecule has 98 valence electrons. The third-order valence-electron chi connectivity index (χ3n) is 2.52. The van der Waals surface area contributed by atoms with Gasteiger partial charge in [-0.25, -0.2) is 4.79 Å². The van der Waals surface area contributed by atoms with Crippen molar-refractivity contribution >= 4 is 5.97 Å². The van der Waals surface area contributed by atoms with Crippen molar-refractivity contribution in [2.45, 2.75) is 20.0 Å². The summed E-state index contributed by atoms with van der Waals surface area (Å²) in [4.78, 5) is 21.4. The molecule has 0 aliphatic heterocycles. The summed E-state index contributed by atoms with van der Waals surface area (Å²) in [6.07, 6.45) is -0.152. The Morgan fingerprint density at radius 1 is 0.947 bits per heavy atom. The second-order valence-electron chi connectivity index (χ2n) is 4.46. The van der Waals surface area contributed by atoms with Crippen LogP contribution in [0.1, 0.15) is 24.2 Å². The fourth-order valence-corrected chi connectivity index (χ4v) is 1.64. The molecule has 0 aliphatic rings. The van der Waals surface area contributed by atoms with Crippen LogP contribution in [0.3, 0.4) is 0 Å². The first-order valence-corrected chi connectivity index (χ1v) is 6.20. The van der Waals surface area contributed by atoms with Gasteiger partial charge in [0.25, 0.3) is 0 Å². The van der Waals surface area contributed by atoms with E-state index in [2.05, 4.69) is 0 Å².